The Labute approximate surface area is 118 Å². The Kier molecular flexibility index (Phi) is 4.71. The maximum atomic E-state index is 5.52. The van der Waals surface area contributed by atoms with E-state index >= 15 is 0 Å². The van der Waals surface area contributed by atoms with Crippen molar-refractivity contribution in [2.75, 3.05) is 18.5 Å². The molecule has 2 aromatic heterocycles. The van der Waals surface area contributed by atoms with Crippen LogP contribution in [0.15, 0.2) is 6.33 Å². The molecule has 2 rings (SSSR count). The van der Waals surface area contributed by atoms with E-state index in [1.807, 2.05) is 0 Å². The Balaban J connectivity index is 2.01. The van der Waals surface area contributed by atoms with Crippen LogP contribution in [-0.2, 0) is 4.74 Å². The van der Waals surface area contributed by atoms with Crippen molar-refractivity contribution in [2.24, 2.45) is 0 Å². The van der Waals surface area contributed by atoms with E-state index in [0.717, 1.165) is 35.6 Å². The number of hydrogen-bond donors (Lipinski definition) is 1. The zero-order valence-electron chi connectivity index (χ0n) is 12.0. The molecule has 0 aliphatic rings. The summed E-state index contributed by atoms with van der Waals surface area (Å²) in [6.45, 7) is 10.0. The quantitative estimate of drug-likeness (QED) is 0.822. The molecule has 0 amide bonds. The third-order valence-electron chi connectivity index (χ3n) is 3.03. The van der Waals surface area contributed by atoms with E-state index in [9.17, 15) is 0 Å². The van der Waals surface area contributed by atoms with Gasteiger partial charge in [0.05, 0.1) is 11.5 Å². The third kappa shape index (κ3) is 3.42. The highest BCUT2D eigenvalue weighted by Crippen LogP contribution is 2.32. The van der Waals surface area contributed by atoms with E-state index in [2.05, 4.69) is 43.0 Å². The van der Waals surface area contributed by atoms with Crippen LogP contribution in [0.3, 0.4) is 0 Å². The number of anilines is 1. The van der Waals surface area contributed by atoms with Crippen molar-refractivity contribution in [1.82, 2.24) is 9.97 Å². The first-order chi connectivity index (χ1) is 9.09. The van der Waals surface area contributed by atoms with Gasteiger partial charge in [0.2, 0.25) is 0 Å². The molecule has 0 saturated heterocycles. The minimum atomic E-state index is 0.299. The van der Waals surface area contributed by atoms with Crippen molar-refractivity contribution in [1.29, 1.82) is 0 Å². The van der Waals surface area contributed by atoms with Gasteiger partial charge in [-0.05, 0) is 39.7 Å². The van der Waals surface area contributed by atoms with Crippen LogP contribution in [0.4, 0.5) is 5.82 Å². The third-order valence-corrected chi connectivity index (χ3v) is 4.15. The molecule has 0 radical (unpaired) electrons. The molecule has 104 valence electrons. The number of hydrogen-bond acceptors (Lipinski definition) is 5. The lowest BCUT2D eigenvalue weighted by atomic mass is 10.2. The Morgan fingerprint density at radius 2 is 2.11 bits per heavy atom. The number of aryl methyl sites for hydroxylation is 2. The van der Waals surface area contributed by atoms with E-state index in [0.29, 0.717) is 6.10 Å². The van der Waals surface area contributed by atoms with Crippen molar-refractivity contribution in [2.45, 2.75) is 40.2 Å². The van der Waals surface area contributed by atoms with Gasteiger partial charge in [-0.25, -0.2) is 9.97 Å². The molecule has 0 unspecified atom stereocenters. The molecular formula is C14H21N3OS. The number of rotatable bonds is 6. The highest BCUT2D eigenvalue weighted by Gasteiger charge is 2.11. The van der Waals surface area contributed by atoms with E-state index in [-0.39, 0.29) is 0 Å². The molecule has 4 nitrogen and oxygen atoms in total. The highest BCUT2D eigenvalue weighted by atomic mass is 32.1. The molecule has 0 bridgehead atoms. The molecule has 0 aromatic carbocycles. The molecule has 0 atom stereocenters. The van der Waals surface area contributed by atoms with Crippen LogP contribution in [0, 0.1) is 13.8 Å². The molecule has 0 aliphatic carbocycles. The van der Waals surface area contributed by atoms with Crippen LogP contribution < -0.4 is 5.32 Å². The van der Waals surface area contributed by atoms with Gasteiger partial charge in [-0.15, -0.1) is 11.3 Å². The van der Waals surface area contributed by atoms with E-state index in [1.165, 1.54) is 10.4 Å². The molecule has 1 N–H and O–H groups in total. The molecule has 19 heavy (non-hydrogen) atoms. The fraction of sp³-hybridized carbons (Fsp3) is 0.571. The van der Waals surface area contributed by atoms with Gasteiger partial charge in [-0.3, -0.25) is 0 Å². The highest BCUT2D eigenvalue weighted by molar-refractivity contribution is 7.18. The van der Waals surface area contributed by atoms with Crippen LogP contribution in [0.25, 0.3) is 10.2 Å². The smallest absolute Gasteiger partial charge is 0.138 e. The first kappa shape index (κ1) is 14.2. The Bertz CT molecular complexity index is 551. The van der Waals surface area contributed by atoms with Crippen molar-refractivity contribution in [3.63, 3.8) is 0 Å². The summed E-state index contributed by atoms with van der Waals surface area (Å²) >= 11 is 1.72. The maximum absolute atomic E-state index is 5.52. The molecule has 5 heteroatoms. The fourth-order valence-electron chi connectivity index (χ4n) is 1.91. The van der Waals surface area contributed by atoms with Gasteiger partial charge in [0.25, 0.3) is 0 Å². The second-order valence-corrected chi connectivity index (χ2v) is 6.09. The average Bonchev–Trinajstić information content (AvgIpc) is 2.65. The van der Waals surface area contributed by atoms with Gasteiger partial charge in [-0.2, -0.15) is 0 Å². The molecule has 0 spiro atoms. The van der Waals surface area contributed by atoms with Crippen molar-refractivity contribution >= 4 is 27.4 Å². The predicted octanol–water partition coefficient (Wildman–Crippen LogP) is 3.54. The zero-order valence-corrected chi connectivity index (χ0v) is 12.8. The molecule has 2 aromatic rings. The summed E-state index contributed by atoms with van der Waals surface area (Å²) in [7, 11) is 0. The van der Waals surface area contributed by atoms with Gasteiger partial charge in [-0.1, -0.05) is 0 Å². The fourth-order valence-corrected chi connectivity index (χ4v) is 2.91. The number of ether oxygens (including phenoxy) is 1. The van der Waals surface area contributed by atoms with Gasteiger partial charge < -0.3 is 10.1 Å². The molecule has 0 fully saturated rings. The standard InChI is InChI=1S/C14H21N3OS/c1-9(2)18-7-5-6-15-13-12-10(3)11(4)19-14(12)17-8-16-13/h8-9H,5-7H2,1-4H3,(H,15,16,17). The molecule has 0 saturated carbocycles. The Morgan fingerprint density at radius 1 is 1.32 bits per heavy atom. The van der Waals surface area contributed by atoms with Crippen molar-refractivity contribution < 1.29 is 4.74 Å². The maximum Gasteiger partial charge on any atom is 0.138 e. The zero-order chi connectivity index (χ0) is 13.8. The normalized spacial score (nSPS) is 11.4. The number of nitrogens with zero attached hydrogens (tertiary/aromatic N) is 2. The summed E-state index contributed by atoms with van der Waals surface area (Å²) in [5.41, 5.74) is 1.28. The summed E-state index contributed by atoms with van der Waals surface area (Å²) in [4.78, 5) is 11.1. The minimum Gasteiger partial charge on any atom is -0.379 e. The first-order valence-corrected chi connectivity index (χ1v) is 7.47. The summed E-state index contributed by atoms with van der Waals surface area (Å²) in [6, 6.07) is 0. The van der Waals surface area contributed by atoms with Crippen molar-refractivity contribution in [3.05, 3.63) is 16.8 Å². The average molecular weight is 279 g/mol. The van der Waals surface area contributed by atoms with Gasteiger partial charge in [0.15, 0.2) is 0 Å². The second kappa shape index (κ2) is 6.30. The van der Waals surface area contributed by atoms with Crippen LogP contribution in [0.5, 0.6) is 0 Å². The number of nitrogens with one attached hydrogen (secondary N) is 1. The minimum absolute atomic E-state index is 0.299. The van der Waals surface area contributed by atoms with E-state index in [4.69, 9.17) is 4.74 Å². The number of aromatic nitrogens is 2. The molecular weight excluding hydrogens is 258 g/mol. The summed E-state index contributed by atoms with van der Waals surface area (Å²) in [6.07, 6.45) is 2.91. The van der Waals surface area contributed by atoms with Gasteiger partial charge >= 0.3 is 0 Å². The van der Waals surface area contributed by atoms with Crippen LogP contribution in [0.1, 0.15) is 30.7 Å². The Hall–Kier alpha value is -1.20. The lowest BCUT2D eigenvalue weighted by molar-refractivity contribution is 0.0787. The van der Waals surface area contributed by atoms with Crippen LogP contribution in [0.2, 0.25) is 0 Å². The van der Waals surface area contributed by atoms with E-state index < -0.39 is 0 Å². The number of thiophene rings is 1. The lowest BCUT2D eigenvalue weighted by Crippen LogP contribution is -2.10. The summed E-state index contributed by atoms with van der Waals surface area (Å²) in [5, 5.41) is 4.55. The SMILES string of the molecule is Cc1sc2ncnc(NCCCOC(C)C)c2c1C. The van der Waals surface area contributed by atoms with Gasteiger partial charge in [0.1, 0.15) is 17.0 Å². The first-order valence-electron chi connectivity index (χ1n) is 6.65. The monoisotopic (exact) mass is 279 g/mol. The van der Waals surface area contributed by atoms with Gasteiger partial charge in [0, 0.05) is 18.0 Å². The largest absolute Gasteiger partial charge is 0.379 e. The summed E-state index contributed by atoms with van der Waals surface area (Å²) < 4.78 is 5.52. The predicted molar refractivity (Wildman–Crippen MR) is 81.1 cm³/mol. The van der Waals surface area contributed by atoms with E-state index in [1.54, 1.807) is 17.7 Å². The second-order valence-electron chi connectivity index (χ2n) is 4.89. The van der Waals surface area contributed by atoms with Crippen LogP contribution in [-0.4, -0.2) is 29.2 Å². The van der Waals surface area contributed by atoms with Crippen LogP contribution >= 0.6 is 11.3 Å². The topological polar surface area (TPSA) is 47.0 Å². The summed E-state index contributed by atoms with van der Waals surface area (Å²) in [5.74, 6) is 0.941. The lowest BCUT2D eigenvalue weighted by Gasteiger charge is -2.09. The molecule has 2 heterocycles. The molecule has 0 aliphatic heterocycles. The van der Waals surface area contributed by atoms with Crippen molar-refractivity contribution in [3.8, 4) is 0 Å². The Morgan fingerprint density at radius 3 is 2.84 bits per heavy atom. The number of fused-ring (bicyclic) bond motifs is 1.